The quantitative estimate of drug-likeness (QED) is 0.310. The van der Waals surface area contributed by atoms with Gasteiger partial charge >= 0.3 is 0 Å². The molecule has 0 aliphatic heterocycles. The van der Waals surface area contributed by atoms with E-state index in [9.17, 15) is 4.79 Å². The Morgan fingerprint density at radius 1 is 1.25 bits per heavy atom. The highest BCUT2D eigenvalue weighted by Crippen LogP contribution is 2.06. The molecule has 7 heteroatoms. The van der Waals surface area contributed by atoms with Crippen molar-refractivity contribution < 1.29 is 22.2 Å². The molecule has 0 radical (unpaired) electrons. The van der Waals surface area contributed by atoms with Crippen molar-refractivity contribution in [1.29, 1.82) is 0 Å². The third-order valence-corrected chi connectivity index (χ3v) is 3.31. The molecule has 0 bridgehead atoms. The van der Waals surface area contributed by atoms with Crippen LogP contribution < -0.4 is 5.32 Å². The number of hydrogen-bond donors (Lipinski definition) is 1. The molecule has 0 atom stereocenters. The summed E-state index contributed by atoms with van der Waals surface area (Å²) in [6.07, 6.45) is 2.96. The highest BCUT2D eigenvalue weighted by molar-refractivity contribution is 7.84. The predicted molar refractivity (Wildman–Crippen MR) is 80.2 cm³/mol. The lowest BCUT2D eigenvalue weighted by atomic mass is 10.3. The first-order valence-corrected chi connectivity index (χ1v) is 8.62. The molecular weight excluding hydrogens is 280 g/mol. The molecule has 20 heavy (non-hydrogen) atoms. The summed E-state index contributed by atoms with van der Waals surface area (Å²) in [6, 6.07) is 0. The van der Waals surface area contributed by atoms with Crippen LogP contribution >= 0.6 is 0 Å². The van der Waals surface area contributed by atoms with E-state index in [-0.39, 0.29) is 5.91 Å². The van der Waals surface area contributed by atoms with Gasteiger partial charge in [0.25, 0.3) is 0 Å². The number of carbonyl (C=O) groups excluding carboxylic acids is 1. The van der Waals surface area contributed by atoms with E-state index in [1.807, 2.05) is 0 Å². The maximum Gasteiger partial charge on any atom is 0.243 e. The third kappa shape index (κ3) is 13.5. The van der Waals surface area contributed by atoms with Gasteiger partial charge in [-0.05, 0) is 26.8 Å². The molecule has 0 aromatic heterocycles. The van der Waals surface area contributed by atoms with Crippen LogP contribution in [0, 0.1) is 0 Å². The zero-order valence-corrected chi connectivity index (χ0v) is 13.8. The van der Waals surface area contributed by atoms with E-state index in [1.165, 1.54) is 25.7 Å². The minimum absolute atomic E-state index is 0.0717. The molecule has 120 valence electrons. The highest BCUT2D eigenvalue weighted by atomic mass is 32.2. The second kappa shape index (κ2) is 10.8. The zero-order chi connectivity index (χ0) is 16.2. The second-order valence-electron chi connectivity index (χ2n) is 4.57. The lowest BCUT2D eigenvalue weighted by molar-refractivity contribution is -0.923. The van der Waals surface area contributed by atoms with E-state index in [1.54, 1.807) is 0 Å². The van der Waals surface area contributed by atoms with Crippen LogP contribution in [0.15, 0.2) is 12.7 Å². The van der Waals surface area contributed by atoms with Crippen molar-refractivity contribution in [2.75, 3.05) is 39.0 Å². The average Bonchev–Trinajstić information content (AvgIpc) is 2.37. The fourth-order valence-corrected chi connectivity index (χ4v) is 1.84. The first kappa shape index (κ1) is 21.4. The molecule has 0 unspecified atom stereocenters. The monoisotopic (exact) mass is 308 g/mol. The van der Waals surface area contributed by atoms with E-state index < -0.39 is 10.1 Å². The zero-order valence-electron chi connectivity index (χ0n) is 13.0. The summed E-state index contributed by atoms with van der Waals surface area (Å²) >= 11 is 0. The molecule has 0 heterocycles. The van der Waals surface area contributed by atoms with Crippen LogP contribution in [-0.4, -0.2) is 62.3 Å². The summed E-state index contributed by atoms with van der Waals surface area (Å²) in [7, 11) is -3.92. The smallest absolute Gasteiger partial charge is 0.243 e. The van der Waals surface area contributed by atoms with Gasteiger partial charge in [0, 0.05) is 19.2 Å². The van der Waals surface area contributed by atoms with Crippen LogP contribution in [0.1, 0.15) is 27.2 Å². The Kier molecular flexibility index (Phi) is 11.6. The first-order chi connectivity index (χ1) is 9.14. The number of amides is 1. The maximum atomic E-state index is 10.9. The van der Waals surface area contributed by atoms with Crippen LogP contribution in [-0.2, 0) is 14.9 Å². The highest BCUT2D eigenvalue weighted by Gasteiger charge is 2.19. The number of nitrogens with zero attached hydrogens (tertiary/aromatic N) is 1. The summed E-state index contributed by atoms with van der Waals surface area (Å²) < 4.78 is 28.4. The summed E-state index contributed by atoms with van der Waals surface area (Å²) in [5, 5.41) is 2.81. The summed E-state index contributed by atoms with van der Waals surface area (Å²) in [5.41, 5.74) is 0. The van der Waals surface area contributed by atoms with Crippen molar-refractivity contribution in [3.8, 4) is 0 Å². The first-order valence-electron chi connectivity index (χ1n) is 6.80. The molecule has 0 rings (SSSR count). The summed E-state index contributed by atoms with van der Waals surface area (Å²) in [6.45, 7) is 15.5. The average molecular weight is 308 g/mol. The molecule has 0 saturated carbocycles. The SMILES string of the molecule is C=CC(=O)NCCC[N+](CC)(CC)CC.CS(=O)(=O)[O-]. The molecule has 6 nitrogen and oxygen atoms in total. The Morgan fingerprint density at radius 3 is 1.95 bits per heavy atom. The van der Waals surface area contributed by atoms with Gasteiger partial charge in [-0.25, -0.2) is 8.42 Å². The molecular formula is C13H28N2O4S. The number of quaternary nitrogens is 1. The van der Waals surface area contributed by atoms with Gasteiger partial charge in [-0.2, -0.15) is 0 Å². The number of nitrogens with one attached hydrogen (secondary N) is 1. The lowest BCUT2D eigenvalue weighted by Crippen LogP contribution is -2.48. The van der Waals surface area contributed by atoms with Gasteiger partial charge in [-0.3, -0.25) is 4.79 Å². The van der Waals surface area contributed by atoms with Crippen molar-refractivity contribution in [3.63, 3.8) is 0 Å². The maximum absolute atomic E-state index is 10.9. The molecule has 0 aliphatic rings. The standard InChI is InChI=1S/C12H24N2O.CH4O3S/c1-5-12(15)13-10-9-11-14(6-2,7-3)8-4;1-5(2,3)4/h5H,1,6-11H2,2-4H3;1H3,(H,2,3,4). The van der Waals surface area contributed by atoms with E-state index in [4.69, 9.17) is 13.0 Å². The molecule has 0 aromatic carbocycles. The molecule has 0 spiro atoms. The van der Waals surface area contributed by atoms with Gasteiger partial charge in [0.2, 0.25) is 5.91 Å². The van der Waals surface area contributed by atoms with Crippen molar-refractivity contribution in [1.82, 2.24) is 5.32 Å². The van der Waals surface area contributed by atoms with Crippen molar-refractivity contribution in [2.24, 2.45) is 0 Å². The predicted octanol–water partition coefficient (Wildman–Crippen LogP) is 0.717. The van der Waals surface area contributed by atoms with Gasteiger partial charge in [-0.1, -0.05) is 6.58 Å². The Bertz CT molecular complexity index is 360. The number of carbonyl (C=O) groups is 1. The normalized spacial score (nSPS) is 11.2. The largest absolute Gasteiger partial charge is 0.748 e. The van der Waals surface area contributed by atoms with Crippen LogP contribution in [0.2, 0.25) is 0 Å². The van der Waals surface area contributed by atoms with Crippen LogP contribution in [0.25, 0.3) is 0 Å². The van der Waals surface area contributed by atoms with Gasteiger partial charge in [-0.15, -0.1) is 0 Å². The Morgan fingerprint density at radius 2 is 1.65 bits per heavy atom. The van der Waals surface area contributed by atoms with Gasteiger partial charge < -0.3 is 14.4 Å². The Hall–Kier alpha value is -0.920. The summed E-state index contributed by atoms with van der Waals surface area (Å²) in [5.74, 6) is -0.0717. The number of rotatable bonds is 8. The molecule has 0 fully saturated rings. The molecule has 1 amide bonds. The van der Waals surface area contributed by atoms with E-state index >= 15 is 0 Å². The van der Waals surface area contributed by atoms with Gasteiger partial charge in [0.05, 0.1) is 36.3 Å². The topological polar surface area (TPSA) is 86.3 Å². The minimum atomic E-state index is -3.92. The Balaban J connectivity index is 0. The fourth-order valence-electron chi connectivity index (χ4n) is 1.84. The van der Waals surface area contributed by atoms with Crippen LogP contribution in [0.3, 0.4) is 0 Å². The number of hydrogen-bond acceptors (Lipinski definition) is 4. The van der Waals surface area contributed by atoms with Gasteiger partial charge in [0.15, 0.2) is 0 Å². The van der Waals surface area contributed by atoms with Crippen molar-refractivity contribution in [3.05, 3.63) is 12.7 Å². The van der Waals surface area contributed by atoms with E-state index in [0.29, 0.717) is 6.26 Å². The third-order valence-electron chi connectivity index (χ3n) is 3.31. The lowest BCUT2D eigenvalue weighted by Gasteiger charge is -2.35. The Labute approximate surface area is 123 Å². The molecule has 0 aromatic rings. The molecule has 0 aliphatic carbocycles. The fraction of sp³-hybridized carbons (Fsp3) is 0.769. The molecule has 0 saturated heterocycles. The van der Waals surface area contributed by atoms with Crippen LogP contribution in [0.5, 0.6) is 0 Å². The van der Waals surface area contributed by atoms with Gasteiger partial charge in [0.1, 0.15) is 0 Å². The van der Waals surface area contributed by atoms with Crippen LogP contribution in [0.4, 0.5) is 0 Å². The second-order valence-corrected chi connectivity index (χ2v) is 5.98. The van der Waals surface area contributed by atoms with Crippen molar-refractivity contribution >= 4 is 16.0 Å². The summed E-state index contributed by atoms with van der Waals surface area (Å²) in [4.78, 5) is 10.9. The molecule has 1 N–H and O–H groups in total. The van der Waals surface area contributed by atoms with E-state index in [2.05, 4.69) is 32.7 Å². The van der Waals surface area contributed by atoms with E-state index in [0.717, 1.165) is 24.0 Å². The van der Waals surface area contributed by atoms with Crippen molar-refractivity contribution in [2.45, 2.75) is 27.2 Å². The minimum Gasteiger partial charge on any atom is -0.748 e.